The van der Waals surface area contributed by atoms with E-state index >= 15 is 0 Å². The molecule has 0 atom stereocenters. The van der Waals surface area contributed by atoms with Crippen molar-refractivity contribution in [1.82, 2.24) is 10.6 Å². The fourth-order valence-electron chi connectivity index (χ4n) is 2.38. The van der Waals surface area contributed by atoms with Crippen LogP contribution in [0.25, 0.3) is 0 Å². The molecule has 0 aliphatic carbocycles. The third kappa shape index (κ3) is 2.91. The Morgan fingerprint density at radius 2 is 2.11 bits per heavy atom. The molecule has 0 aromatic heterocycles. The van der Waals surface area contributed by atoms with Gasteiger partial charge in [-0.25, -0.2) is 0 Å². The summed E-state index contributed by atoms with van der Waals surface area (Å²) in [5.41, 5.74) is 3.41. The Morgan fingerprint density at radius 3 is 2.83 bits per heavy atom. The number of nitrogens with one attached hydrogen (secondary N) is 2. The summed E-state index contributed by atoms with van der Waals surface area (Å²) in [5, 5.41) is 6.42. The molecule has 0 radical (unpaired) electrons. The number of hydrogen-bond acceptors (Lipinski definition) is 2. The van der Waals surface area contributed by atoms with Gasteiger partial charge < -0.3 is 10.6 Å². The van der Waals surface area contributed by atoms with Crippen LogP contribution in [0.1, 0.15) is 48.2 Å². The van der Waals surface area contributed by atoms with E-state index in [2.05, 4.69) is 30.5 Å². The zero-order valence-electron chi connectivity index (χ0n) is 11.3. The third-order valence-corrected chi connectivity index (χ3v) is 3.68. The molecule has 2 rings (SSSR count). The summed E-state index contributed by atoms with van der Waals surface area (Å²) < 4.78 is 0. The smallest absolute Gasteiger partial charge is 0.251 e. The summed E-state index contributed by atoms with van der Waals surface area (Å²) in [4.78, 5) is 12.1. The molecule has 1 aliphatic heterocycles. The molecule has 3 nitrogen and oxygen atoms in total. The molecule has 0 bridgehead atoms. The highest BCUT2D eigenvalue weighted by Gasteiger charge is 2.14. The minimum absolute atomic E-state index is 0.0528. The van der Waals surface area contributed by atoms with Gasteiger partial charge in [0.15, 0.2) is 0 Å². The Bertz CT molecular complexity index is 425. The average Bonchev–Trinajstić information content (AvgIpc) is 2.44. The quantitative estimate of drug-likeness (QED) is 0.855. The van der Waals surface area contributed by atoms with Crippen molar-refractivity contribution in [2.45, 2.75) is 45.7 Å². The van der Waals surface area contributed by atoms with Crippen LogP contribution in [0.2, 0.25) is 0 Å². The van der Waals surface area contributed by atoms with E-state index in [0.29, 0.717) is 0 Å². The van der Waals surface area contributed by atoms with Crippen LogP contribution in [0.3, 0.4) is 0 Å². The summed E-state index contributed by atoms with van der Waals surface area (Å²) in [6, 6.07) is 6.35. The van der Waals surface area contributed by atoms with Crippen LogP contribution in [0.5, 0.6) is 0 Å². The normalized spacial score (nSPS) is 14.4. The molecule has 98 valence electrons. The van der Waals surface area contributed by atoms with Crippen LogP contribution in [0.4, 0.5) is 0 Å². The van der Waals surface area contributed by atoms with Gasteiger partial charge in [-0.2, -0.15) is 0 Å². The van der Waals surface area contributed by atoms with Gasteiger partial charge in [-0.15, -0.1) is 0 Å². The van der Waals surface area contributed by atoms with Crippen LogP contribution in [0, 0.1) is 0 Å². The van der Waals surface area contributed by atoms with Crippen molar-refractivity contribution < 1.29 is 4.79 Å². The number of fused-ring (bicyclic) bond motifs is 1. The third-order valence-electron chi connectivity index (χ3n) is 3.68. The first kappa shape index (κ1) is 13.1. The lowest BCUT2D eigenvalue weighted by atomic mass is 9.98. The van der Waals surface area contributed by atoms with E-state index in [1.54, 1.807) is 0 Å². The Morgan fingerprint density at radius 1 is 1.33 bits per heavy atom. The van der Waals surface area contributed by atoms with Crippen molar-refractivity contribution in [1.29, 1.82) is 0 Å². The van der Waals surface area contributed by atoms with E-state index < -0.39 is 0 Å². The molecule has 1 heterocycles. The van der Waals surface area contributed by atoms with Crippen molar-refractivity contribution in [3.63, 3.8) is 0 Å². The second-order valence-corrected chi connectivity index (χ2v) is 4.90. The lowest BCUT2D eigenvalue weighted by Gasteiger charge is -2.19. The van der Waals surface area contributed by atoms with E-state index in [1.165, 1.54) is 11.1 Å². The molecule has 1 amide bonds. The first-order valence-electron chi connectivity index (χ1n) is 6.88. The maximum absolute atomic E-state index is 12.1. The minimum Gasteiger partial charge on any atom is -0.349 e. The Hall–Kier alpha value is -1.35. The van der Waals surface area contributed by atoms with Crippen molar-refractivity contribution >= 4 is 5.91 Å². The van der Waals surface area contributed by atoms with Gasteiger partial charge in [0.2, 0.25) is 0 Å². The Balaban J connectivity index is 2.11. The molecule has 2 N–H and O–H groups in total. The van der Waals surface area contributed by atoms with Gasteiger partial charge in [0, 0.05) is 18.2 Å². The fraction of sp³-hybridized carbons (Fsp3) is 0.533. The molecule has 3 heteroatoms. The van der Waals surface area contributed by atoms with E-state index in [-0.39, 0.29) is 11.9 Å². The van der Waals surface area contributed by atoms with Crippen LogP contribution in [0.15, 0.2) is 18.2 Å². The van der Waals surface area contributed by atoms with E-state index in [0.717, 1.165) is 37.9 Å². The molecule has 0 fully saturated rings. The number of amides is 1. The minimum atomic E-state index is 0.0528. The molecule has 0 saturated heterocycles. The van der Waals surface area contributed by atoms with Crippen LogP contribution in [-0.4, -0.2) is 18.5 Å². The fourth-order valence-corrected chi connectivity index (χ4v) is 2.38. The van der Waals surface area contributed by atoms with Crippen LogP contribution >= 0.6 is 0 Å². The summed E-state index contributed by atoms with van der Waals surface area (Å²) in [7, 11) is 0. The van der Waals surface area contributed by atoms with Gasteiger partial charge in [-0.05, 0) is 49.1 Å². The largest absolute Gasteiger partial charge is 0.349 e. The zero-order valence-corrected chi connectivity index (χ0v) is 11.3. The first-order valence-corrected chi connectivity index (χ1v) is 6.88. The van der Waals surface area contributed by atoms with Gasteiger partial charge in [0.25, 0.3) is 5.91 Å². The maximum atomic E-state index is 12.1. The summed E-state index contributed by atoms with van der Waals surface area (Å²) >= 11 is 0. The van der Waals surface area contributed by atoms with Crippen LogP contribution in [-0.2, 0) is 13.0 Å². The molecule has 1 aliphatic rings. The second-order valence-electron chi connectivity index (χ2n) is 4.90. The summed E-state index contributed by atoms with van der Waals surface area (Å²) in [6.45, 7) is 6.12. The predicted molar refractivity (Wildman–Crippen MR) is 73.7 cm³/mol. The molecular formula is C15H22N2O. The van der Waals surface area contributed by atoms with Gasteiger partial charge in [0.05, 0.1) is 0 Å². The Kier molecular flexibility index (Phi) is 4.37. The number of rotatable bonds is 4. The molecule has 0 spiro atoms. The molecule has 18 heavy (non-hydrogen) atoms. The van der Waals surface area contributed by atoms with Gasteiger partial charge >= 0.3 is 0 Å². The molecular weight excluding hydrogens is 224 g/mol. The molecule has 1 aromatic carbocycles. The zero-order chi connectivity index (χ0) is 13.0. The standard InChI is InChI=1S/C15H22N2O/c1-3-14(4-2)17-15(18)12-6-5-11-7-8-16-10-13(11)9-12/h5-6,9,14,16H,3-4,7-8,10H2,1-2H3,(H,17,18). The summed E-state index contributed by atoms with van der Waals surface area (Å²) in [6.07, 6.45) is 3.02. The molecule has 1 aromatic rings. The van der Waals surface area contributed by atoms with E-state index in [9.17, 15) is 4.79 Å². The van der Waals surface area contributed by atoms with E-state index in [1.807, 2.05) is 12.1 Å². The molecule has 0 unspecified atom stereocenters. The highest BCUT2D eigenvalue weighted by molar-refractivity contribution is 5.94. The van der Waals surface area contributed by atoms with E-state index in [4.69, 9.17) is 0 Å². The molecule has 0 saturated carbocycles. The van der Waals surface area contributed by atoms with Crippen LogP contribution < -0.4 is 10.6 Å². The topological polar surface area (TPSA) is 41.1 Å². The highest BCUT2D eigenvalue weighted by Crippen LogP contribution is 2.16. The van der Waals surface area contributed by atoms with Gasteiger partial charge in [0.1, 0.15) is 0 Å². The summed E-state index contributed by atoms with van der Waals surface area (Å²) in [5.74, 6) is 0.0528. The maximum Gasteiger partial charge on any atom is 0.251 e. The van der Waals surface area contributed by atoms with Crippen molar-refractivity contribution in [2.24, 2.45) is 0 Å². The van der Waals surface area contributed by atoms with Gasteiger partial charge in [-0.3, -0.25) is 4.79 Å². The number of carbonyl (C=O) groups excluding carboxylic acids is 1. The average molecular weight is 246 g/mol. The second kappa shape index (κ2) is 6.01. The lowest BCUT2D eigenvalue weighted by molar-refractivity contribution is 0.0934. The monoisotopic (exact) mass is 246 g/mol. The van der Waals surface area contributed by atoms with Gasteiger partial charge in [-0.1, -0.05) is 19.9 Å². The SMILES string of the molecule is CCC(CC)NC(=O)c1ccc2c(c1)CNCC2. The lowest BCUT2D eigenvalue weighted by Crippen LogP contribution is -2.34. The number of hydrogen-bond donors (Lipinski definition) is 2. The predicted octanol–water partition coefficient (Wildman–Crippen LogP) is 2.25. The highest BCUT2D eigenvalue weighted by atomic mass is 16.1. The van der Waals surface area contributed by atoms with Crippen molar-refractivity contribution in [3.8, 4) is 0 Å². The number of carbonyl (C=O) groups is 1. The van der Waals surface area contributed by atoms with Crippen molar-refractivity contribution in [2.75, 3.05) is 6.54 Å². The first-order chi connectivity index (χ1) is 8.74. The Labute approximate surface area is 109 Å². The van der Waals surface area contributed by atoms with Crippen molar-refractivity contribution in [3.05, 3.63) is 34.9 Å². The number of benzene rings is 1.